The molecule has 7 nitrogen and oxygen atoms in total. The van der Waals surface area contributed by atoms with E-state index in [4.69, 9.17) is 0 Å². The van der Waals surface area contributed by atoms with E-state index in [0.29, 0.717) is 17.5 Å². The molecule has 0 saturated carbocycles. The van der Waals surface area contributed by atoms with Crippen molar-refractivity contribution < 1.29 is 8.42 Å². The van der Waals surface area contributed by atoms with Crippen LogP contribution >= 0.6 is 0 Å². The number of nitrogens with one attached hydrogen (secondary N) is 1. The summed E-state index contributed by atoms with van der Waals surface area (Å²) in [6, 6.07) is 9.21. The van der Waals surface area contributed by atoms with Crippen LogP contribution in [0, 0.1) is 0 Å². The average Bonchev–Trinajstić information content (AvgIpc) is 2.53. The molecule has 0 fully saturated rings. The van der Waals surface area contributed by atoms with Crippen molar-refractivity contribution in [1.82, 2.24) is 9.97 Å². The molecule has 2 aromatic rings. The number of nitrogens with zero attached hydrogens (tertiary/aromatic N) is 4. The van der Waals surface area contributed by atoms with Crippen molar-refractivity contribution in [1.29, 1.82) is 0 Å². The number of rotatable bonds is 6. The fourth-order valence-electron chi connectivity index (χ4n) is 1.91. The first kappa shape index (κ1) is 17.7. The van der Waals surface area contributed by atoms with Crippen LogP contribution in [-0.4, -0.2) is 46.6 Å². The molecule has 0 spiro atoms. The number of hydrogen-bond donors (Lipinski definition) is 1. The second-order valence-electron chi connectivity index (χ2n) is 5.56. The summed E-state index contributed by atoms with van der Waals surface area (Å²) in [5, 5.41) is 1.13. The molecule has 0 bridgehead atoms. The van der Waals surface area contributed by atoms with Gasteiger partial charge in [-0.25, -0.2) is 13.4 Å². The average molecular weight is 347 g/mol. The zero-order chi connectivity index (χ0) is 17.7. The molecule has 128 valence electrons. The highest BCUT2D eigenvalue weighted by Gasteiger charge is 2.15. The SMILES string of the molecule is CN(C)c1ncc(NS(=O)(=O)/C=C/c2ccccc2)c(N(C)C)n1. The number of hydrogen-bond acceptors (Lipinski definition) is 6. The van der Waals surface area contributed by atoms with Gasteiger partial charge in [0, 0.05) is 28.2 Å². The topological polar surface area (TPSA) is 78.4 Å². The first-order valence-corrected chi connectivity index (χ1v) is 8.81. The van der Waals surface area contributed by atoms with Crippen LogP contribution in [0.2, 0.25) is 0 Å². The van der Waals surface area contributed by atoms with Gasteiger partial charge < -0.3 is 9.80 Å². The summed E-state index contributed by atoms with van der Waals surface area (Å²) in [7, 11) is 3.55. The number of aromatic nitrogens is 2. The Bertz CT molecular complexity index is 818. The van der Waals surface area contributed by atoms with E-state index in [9.17, 15) is 8.42 Å². The van der Waals surface area contributed by atoms with Crippen LogP contribution in [0.4, 0.5) is 17.5 Å². The second-order valence-corrected chi connectivity index (χ2v) is 7.12. The molecule has 0 saturated heterocycles. The van der Waals surface area contributed by atoms with Gasteiger partial charge in [-0.3, -0.25) is 4.72 Å². The van der Waals surface area contributed by atoms with Crippen molar-refractivity contribution in [3.05, 3.63) is 47.5 Å². The third-order valence-corrected chi connectivity index (χ3v) is 4.07. The fourth-order valence-corrected chi connectivity index (χ4v) is 2.77. The standard InChI is InChI=1S/C16H21N5O2S/c1-20(2)15-14(12-17-16(18-15)21(3)4)19-24(22,23)11-10-13-8-6-5-7-9-13/h5-12,19H,1-4H3/b11-10+. The maximum atomic E-state index is 12.3. The third kappa shape index (κ3) is 4.69. The molecule has 1 heterocycles. The lowest BCUT2D eigenvalue weighted by Crippen LogP contribution is -2.20. The van der Waals surface area contributed by atoms with Crippen LogP contribution in [0.1, 0.15) is 5.56 Å². The van der Waals surface area contributed by atoms with Crippen LogP contribution in [0.15, 0.2) is 41.9 Å². The molecule has 0 atom stereocenters. The highest BCUT2D eigenvalue weighted by Crippen LogP contribution is 2.24. The molecule has 1 N–H and O–H groups in total. The minimum atomic E-state index is -3.67. The maximum absolute atomic E-state index is 12.3. The molecule has 1 aromatic heterocycles. The summed E-state index contributed by atoms with van der Waals surface area (Å²) in [5.41, 5.74) is 1.12. The normalized spacial score (nSPS) is 11.5. The molecule has 0 aliphatic rings. The molecule has 0 aliphatic carbocycles. The van der Waals surface area contributed by atoms with Gasteiger partial charge in [0.2, 0.25) is 5.95 Å². The Hall–Kier alpha value is -2.61. The van der Waals surface area contributed by atoms with E-state index in [1.54, 1.807) is 23.9 Å². The minimum absolute atomic E-state index is 0.323. The summed E-state index contributed by atoms with van der Waals surface area (Å²) < 4.78 is 27.1. The van der Waals surface area contributed by atoms with E-state index in [1.165, 1.54) is 12.3 Å². The fraction of sp³-hybridized carbons (Fsp3) is 0.250. The van der Waals surface area contributed by atoms with Crippen molar-refractivity contribution in [3.63, 3.8) is 0 Å². The molecule has 1 aromatic carbocycles. The minimum Gasteiger partial charge on any atom is -0.361 e. The monoisotopic (exact) mass is 347 g/mol. The molecule has 2 rings (SSSR count). The van der Waals surface area contributed by atoms with Gasteiger partial charge >= 0.3 is 0 Å². The zero-order valence-corrected chi connectivity index (χ0v) is 14.9. The van der Waals surface area contributed by atoms with Gasteiger partial charge in [-0.2, -0.15) is 4.98 Å². The summed E-state index contributed by atoms with van der Waals surface area (Å²) >= 11 is 0. The smallest absolute Gasteiger partial charge is 0.255 e. The first-order chi connectivity index (χ1) is 11.3. The predicted molar refractivity (Wildman–Crippen MR) is 98.7 cm³/mol. The maximum Gasteiger partial charge on any atom is 0.255 e. The Labute approximate surface area is 142 Å². The van der Waals surface area contributed by atoms with Crippen LogP contribution in [0.5, 0.6) is 0 Å². The van der Waals surface area contributed by atoms with Gasteiger partial charge in [0.15, 0.2) is 5.82 Å². The van der Waals surface area contributed by atoms with Crippen molar-refractivity contribution in [2.75, 3.05) is 42.7 Å². The van der Waals surface area contributed by atoms with Crippen molar-refractivity contribution >= 4 is 33.6 Å². The third-order valence-electron chi connectivity index (χ3n) is 3.07. The van der Waals surface area contributed by atoms with Gasteiger partial charge in [0.1, 0.15) is 5.69 Å². The van der Waals surface area contributed by atoms with E-state index >= 15 is 0 Å². The molecule has 0 aliphatic heterocycles. The van der Waals surface area contributed by atoms with Crippen LogP contribution < -0.4 is 14.5 Å². The largest absolute Gasteiger partial charge is 0.361 e. The lowest BCUT2D eigenvalue weighted by atomic mass is 10.2. The lowest BCUT2D eigenvalue weighted by Gasteiger charge is -2.19. The zero-order valence-electron chi connectivity index (χ0n) is 14.1. The van der Waals surface area contributed by atoms with E-state index in [0.717, 1.165) is 11.0 Å². The molecular weight excluding hydrogens is 326 g/mol. The molecule has 8 heteroatoms. The summed E-state index contributed by atoms with van der Waals surface area (Å²) in [6.45, 7) is 0. The quantitative estimate of drug-likeness (QED) is 0.861. The molecule has 0 amide bonds. The molecule has 0 unspecified atom stereocenters. The summed E-state index contributed by atoms with van der Waals surface area (Å²) in [5.74, 6) is 0.992. The Morgan fingerprint density at radius 1 is 1.04 bits per heavy atom. The van der Waals surface area contributed by atoms with Crippen LogP contribution in [0.3, 0.4) is 0 Å². The number of anilines is 3. The molecular formula is C16H21N5O2S. The van der Waals surface area contributed by atoms with Gasteiger partial charge in [-0.15, -0.1) is 0 Å². The van der Waals surface area contributed by atoms with E-state index < -0.39 is 10.0 Å². The van der Waals surface area contributed by atoms with Gasteiger partial charge in [0.25, 0.3) is 10.0 Å². The Morgan fingerprint density at radius 2 is 1.71 bits per heavy atom. The molecule has 0 radical (unpaired) electrons. The Kier molecular flexibility index (Phi) is 5.40. The van der Waals surface area contributed by atoms with Crippen LogP contribution in [0.25, 0.3) is 6.08 Å². The van der Waals surface area contributed by atoms with Gasteiger partial charge in [-0.05, 0) is 11.6 Å². The van der Waals surface area contributed by atoms with Crippen molar-refractivity contribution in [2.24, 2.45) is 0 Å². The Morgan fingerprint density at radius 3 is 2.29 bits per heavy atom. The van der Waals surface area contributed by atoms with Gasteiger partial charge in [-0.1, -0.05) is 30.3 Å². The highest BCUT2D eigenvalue weighted by atomic mass is 32.2. The van der Waals surface area contributed by atoms with E-state index in [2.05, 4.69) is 14.7 Å². The van der Waals surface area contributed by atoms with Gasteiger partial charge in [0.05, 0.1) is 11.6 Å². The molecule has 24 heavy (non-hydrogen) atoms. The summed E-state index contributed by atoms with van der Waals surface area (Å²) in [6.07, 6.45) is 3.00. The number of benzene rings is 1. The summed E-state index contributed by atoms with van der Waals surface area (Å²) in [4.78, 5) is 12.0. The Balaban J connectivity index is 2.27. The lowest BCUT2D eigenvalue weighted by molar-refractivity contribution is 0.609. The first-order valence-electron chi connectivity index (χ1n) is 7.26. The van der Waals surface area contributed by atoms with E-state index in [1.807, 2.05) is 44.4 Å². The highest BCUT2D eigenvalue weighted by molar-refractivity contribution is 7.95. The van der Waals surface area contributed by atoms with Crippen LogP contribution in [-0.2, 0) is 10.0 Å². The van der Waals surface area contributed by atoms with E-state index in [-0.39, 0.29) is 0 Å². The second kappa shape index (κ2) is 7.31. The van der Waals surface area contributed by atoms with Crippen molar-refractivity contribution in [2.45, 2.75) is 0 Å². The predicted octanol–water partition coefficient (Wildman–Crippen LogP) is 2.02. The van der Waals surface area contributed by atoms with Crippen molar-refractivity contribution in [3.8, 4) is 0 Å². The number of sulfonamides is 1.